The molecular weight excluding hydrogens is 354 g/mol. The van der Waals surface area contributed by atoms with Crippen molar-refractivity contribution in [1.82, 2.24) is 0 Å². The summed E-state index contributed by atoms with van der Waals surface area (Å²) in [6.07, 6.45) is 0.274. The molecular formula is C22H24N3O3+. The summed E-state index contributed by atoms with van der Waals surface area (Å²) in [4.78, 5) is 41.6. The third-order valence-corrected chi connectivity index (χ3v) is 5.70. The number of nitrogens with one attached hydrogen (secondary N) is 1. The highest BCUT2D eigenvalue weighted by atomic mass is 16.2. The molecule has 2 aliphatic heterocycles. The maximum Gasteiger partial charge on any atom is 0.292 e. The molecule has 2 aromatic carbocycles. The number of carbonyl (C=O) groups is 3. The predicted octanol–water partition coefficient (Wildman–Crippen LogP) is 0.926. The number of piperazine rings is 1. The van der Waals surface area contributed by atoms with Crippen molar-refractivity contribution in [1.29, 1.82) is 0 Å². The maximum atomic E-state index is 12.9. The van der Waals surface area contributed by atoms with Crippen molar-refractivity contribution < 1.29 is 19.3 Å². The summed E-state index contributed by atoms with van der Waals surface area (Å²) >= 11 is 0. The molecule has 144 valence electrons. The Morgan fingerprint density at radius 1 is 0.929 bits per heavy atom. The van der Waals surface area contributed by atoms with E-state index in [1.165, 1.54) is 9.80 Å². The van der Waals surface area contributed by atoms with Crippen molar-refractivity contribution in [3.63, 3.8) is 0 Å². The zero-order valence-corrected chi connectivity index (χ0v) is 15.9. The minimum absolute atomic E-state index is 0.0631. The van der Waals surface area contributed by atoms with Gasteiger partial charge in [-0.15, -0.1) is 0 Å². The van der Waals surface area contributed by atoms with Crippen LogP contribution in [0.5, 0.6) is 0 Å². The van der Waals surface area contributed by atoms with E-state index in [2.05, 4.69) is 4.90 Å². The van der Waals surface area contributed by atoms with Gasteiger partial charge in [0.15, 0.2) is 11.8 Å². The van der Waals surface area contributed by atoms with Crippen LogP contribution in [0.25, 0.3) is 0 Å². The molecule has 6 heteroatoms. The van der Waals surface area contributed by atoms with Gasteiger partial charge in [-0.25, -0.2) is 4.90 Å². The lowest BCUT2D eigenvalue weighted by molar-refractivity contribution is -0.915. The van der Waals surface area contributed by atoms with Crippen LogP contribution in [0.2, 0.25) is 0 Å². The molecule has 6 nitrogen and oxygen atoms in total. The molecule has 2 saturated heterocycles. The molecule has 0 spiro atoms. The lowest BCUT2D eigenvalue weighted by Gasteiger charge is -2.35. The fourth-order valence-corrected chi connectivity index (χ4v) is 4.11. The minimum Gasteiger partial charge on any atom is -0.360 e. The van der Waals surface area contributed by atoms with E-state index in [0.717, 1.165) is 31.9 Å². The first-order valence-corrected chi connectivity index (χ1v) is 9.67. The number of nitrogens with zero attached hydrogens (tertiary/aromatic N) is 2. The van der Waals surface area contributed by atoms with Gasteiger partial charge in [0.05, 0.1) is 38.3 Å². The molecule has 2 aromatic rings. The third-order valence-electron chi connectivity index (χ3n) is 5.70. The van der Waals surface area contributed by atoms with Gasteiger partial charge < -0.3 is 9.80 Å². The molecule has 0 aromatic heterocycles. The molecule has 2 fully saturated rings. The second kappa shape index (κ2) is 7.56. The smallest absolute Gasteiger partial charge is 0.292 e. The van der Waals surface area contributed by atoms with Crippen molar-refractivity contribution in [3.05, 3.63) is 60.2 Å². The number of para-hydroxylation sites is 1. The number of quaternary nitrogens is 1. The van der Waals surface area contributed by atoms with E-state index in [1.807, 2.05) is 42.5 Å². The molecule has 2 aliphatic rings. The molecule has 0 bridgehead atoms. The van der Waals surface area contributed by atoms with Crippen molar-refractivity contribution >= 4 is 29.0 Å². The van der Waals surface area contributed by atoms with E-state index in [1.54, 1.807) is 19.1 Å². The number of amides is 2. The number of Topliss-reactive ketones (excluding diaryl/α,β-unsaturated/α-hetero) is 1. The van der Waals surface area contributed by atoms with Crippen LogP contribution in [-0.4, -0.2) is 49.8 Å². The first kappa shape index (κ1) is 18.4. The quantitative estimate of drug-likeness (QED) is 0.635. The molecule has 0 unspecified atom stereocenters. The van der Waals surface area contributed by atoms with E-state index in [4.69, 9.17) is 0 Å². The number of rotatable bonds is 4. The molecule has 1 N–H and O–H groups in total. The lowest BCUT2D eigenvalue weighted by atomic mass is 10.1. The highest BCUT2D eigenvalue weighted by Gasteiger charge is 2.46. The Balaban J connectivity index is 1.40. The summed E-state index contributed by atoms with van der Waals surface area (Å²) in [5.74, 6) is -0.144. The Hall–Kier alpha value is -2.99. The van der Waals surface area contributed by atoms with E-state index in [0.29, 0.717) is 11.3 Å². The van der Waals surface area contributed by atoms with Gasteiger partial charge in [0.2, 0.25) is 5.91 Å². The fraction of sp³-hybridized carbons (Fsp3) is 0.318. The number of hydrogen-bond acceptors (Lipinski definition) is 4. The number of benzene rings is 2. The van der Waals surface area contributed by atoms with Crippen LogP contribution >= 0.6 is 0 Å². The van der Waals surface area contributed by atoms with Crippen LogP contribution in [0.4, 0.5) is 11.4 Å². The van der Waals surface area contributed by atoms with E-state index in [-0.39, 0.29) is 30.1 Å². The second-order valence-corrected chi connectivity index (χ2v) is 7.41. The van der Waals surface area contributed by atoms with Crippen molar-refractivity contribution in [3.8, 4) is 0 Å². The number of imide groups is 1. The van der Waals surface area contributed by atoms with Gasteiger partial charge in [-0.05, 0) is 43.3 Å². The van der Waals surface area contributed by atoms with E-state index >= 15 is 0 Å². The fourth-order valence-electron chi connectivity index (χ4n) is 4.11. The van der Waals surface area contributed by atoms with Gasteiger partial charge >= 0.3 is 0 Å². The van der Waals surface area contributed by atoms with Crippen LogP contribution in [0.3, 0.4) is 0 Å². The topological polar surface area (TPSA) is 62.1 Å². The lowest BCUT2D eigenvalue weighted by Crippen LogP contribution is -3.19. The maximum absolute atomic E-state index is 12.9. The summed E-state index contributed by atoms with van der Waals surface area (Å²) in [6.45, 7) is 4.81. The Morgan fingerprint density at radius 3 is 2.18 bits per heavy atom. The predicted molar refractivity (Wildman–Crippen MR) is 107 cm³/mol. The van der Waals surface area contributed by atoms with Gasteiger partial charge in [0, 0.05) is 11.3 Å². The first-order valence-electron chi connectivity index (χ1n) is 9.67. The van der Waals surface area contributed by atoms with Crippen LogP contribution in [0.15, 0.2) is 54.6 Å². The molecule has 1 atom stereocenters. The molecule has 0 aliphatic carbocycles. The Bertz CT molecular complexity index is 887. The monoisotopic (exact) mass is 378 g/mol. The molecule has 4 rings (SSSR count). The van der Waals surface area contributed by atoms with Crippen molar-refractivity contribution in [2.24, 2.45) is 0 Å². The molecule has 28 heavy (non-hydrogen) atoms. The normalized spacial score (nSPS) is 20.7. The summed E-state index contributed by atoms with van der Waals surface area (Å²) in [6, 6.07) is 16.5. The first-order chi connectivity index (χ1) is 13.5. The third kappa shape index (κ3) is 3.43. The molecule has 2 heterocycles. The van der Waals surface area contributed by atoms with Crippen LogP contribution in [0, 0.1) is 0 Å². The number of ketones is 1. The van der Waals surface area contributed by atoms with Gasteiger partial charge in [-0.1, -0.05) is 18.2 Å². The standard InChI is InChI=1S/C22H23N3O3/c1-16(26)17-7-9-18(10-8-17)23-11-13-24(14-12-23)20-15-21(27)25(22(20)28)19-5-3-2-4-6-19/h2-10,20H,11-15H2,1H3/p+1/t20-/m1/s1. The number of anilines is 2. The van der Waals surface area contributed by atoms with Gasteiger partial charge in [-0.3, -0.25) is 14.4 Å². The van der Waals surface area contributed by atoms with E-state index in [9.17, 15) is 14.4 Å². The van der Waals surface area contributed by atoms with Crippen LogP contribution in [-0.2, 0) is 9.59 Å². The summed E-state index contributed by atoms with van der Waals surface area (Å²) in [7, 11) is 0. The summed E-state index contributed by atoms with van der Waals surface area (Å²) in [5, 5.41) is 0. The zero-order valence-electron chi connectivity index (χ0n) is 15.9. The highest BCUT2D eigenvalue weighted by Crippen LogP contribution is 2.22. The average molecular weight is 378 g/mol. The highest BCUT2D eigenvalue weighted by molar-refractivity contribution is 6.21. The largest absolute Gasteiger partial charge is 0.360 e. The second-order valence-electron chi connectivity index (χ2n) is 7.41. The molecule has 0 saturated carbocycles. The van der Waals surface area contributed by atoms with Gasteiger partial charge in [0.1, 0.15) is 0 Å². The van der Waals surface area contributed by atoms with Gasteiger partial charge in [0.25, 0.3) is 5.91 Å². The van der Waals surface area contributed by atoms with Crippen molar-refractivity contribution in [2.75, 3.05) is 36.0 Å². The Kier molecular flexibility index (Phi) is 4.96. The summed E-state index contributed by atoms with van der Waals surface area (Å²) in [5.41, 5.74) is 2.46. The number of carbonyl (C=O) groups excluding carboxylic acids is 3. The van der Waals surface area contributed by atoms with E-state index < -0.39 is 0 Å². The average Bonchev–Trinajstić information content (AvgIpc) is 3.03. The van der Waals surface area contributed by atoms with Gasteiger partial charge in [-0.2, -0.15) is 0 Å². The zero-order chi connectivity index (χ0) is 19.7. The van der Waals surface area contributed by atoms with Crippen LogP contribution < -0.4 is 14.7 Å². The van der Waals surface area contributed by atoms with Crippen molar-refractivity contribution in [2.45, 2.75) is 19.4 Å². The Labute approximate surface area is 164 Å². The number of hydrogen-bond donors (Lipinski definition) is 1. The molecule has 0 radical (unpaired) electrons. The Morgan fingerprint density at radius 2 is 1.57 bits per heavy atom. The SMILES string of the molecule is CC(=O)c1ccc(N2CC[NH+]([C@@H]3CC(=O)N(c4ccccc4)C3=O)CC2)cc1. The molecule has 2 amide bonds. The minimum atomic E-state index is -0.296. The van der Waals surface area contributed by atoms with Crippen LogP contribution in [0.1, 0.15) is 23.7 Å². The summed E-state index contributed by atoms with van der Waals surface area (Å²) < 4.78 is 0.